The summed E-state index contributed by atoms with van der Waals surface area (Å²) < 4.78 is 0. The predicted molar refractivity (Wildman–Crippen MR) is 99.1 cm³/mol. The maximum Gasteiger partial charge on any atom is 0.276 e. The molecular formula is C21H24N2O2. The molecule has 1 N–H and O–H groups in total. The molecule has 130 valence electrons. The van der Waals surface area contributed by atoms with Crippen molar-refractivity contribution in [3.8, 4) is 0 Å². The van der Waals surface area contributed by atoms with Gasteiger partial charge in [0.2, 0.25) is 0 Å². The Morgan fingerprint density at radius 1 is 1.08 bits per heavy atom. The summed E-state index contributed by atoms with van der Waals surface area (Å²) in [4.78, 5) is 13.0. The molecule has 0 aromatic heterocycles. The molecule has 4 nitrogen and oxygen atoms in total. The summed E-state index contributed by atoms with van der Waals surface area (Å²) in [6, 6.07) is 18.3. The monoisotopic (exact) mass is 336 g/mol. The van der Waals surface area contributed by atoms with Gasteiger partial charge in [-0.1, -0.05) is 68.3 Å². The third-order valence-electron chi connectivity index (χ3n) is 4.56. The first kappa shape index (κ1) is 17.4. The van der Waals surface area contributed by atoms with Gasteiger partial charge in [0.25, 0.3) is 5.91 Å². The molecule has 3 rings (SSSR count). The zero-order valence-electron chi connectivity index (χ0n) is 14.6. The van der Waals surface area contributed by atoms with E-state index in [1.807, 2.05) is 48.5 Å². The van der Waals surface area contributed by atoms with Crippen molar-refractivity contribution >= 4 is 11.6 Å². The highest BCUT2D eigenvalue weighted by molar-refractivity contribution is 5.98. The van der Waals surface area contributed by atoms with E-state index in [1.165, 1.54) is 5.01 Å². The third kappa shape index (κ3) is 3.64. The number of nitrogens with zero attached hydrogens (tertiary/aromatic N) is 2. The maximum atomic E-state index is 13.0. The van der Waals surface area contributed by atoms with Gasteiger partial charge in [-0.25, -0.2) is 0 Å². The second-order valence-corrected chi connectivity index (χ2v) is 6.47. The molecule has 0 bridgehead atoms. The molecule has 0 spiro atoms. The second-order valence-electron chi connectivity index (χ2n) is 6.47. The van der Waals surface area contributed by atoms with Gasteiger partial charge >= 0.3 is 0 Å². The molecule has 25 heavy (non-hydrogen) atoms. The largest absolute Gasteiger partial charge is 0.365 e. The molecule has 2 aromatic carbocycles. The number of rotatable bonds is 6. The number of unbranched alkanes of at least 4 members (excludes halogenated alkanes) is 2. The van der Waals surface area contributed by atoms with Crippen LogP contribution >= 0.6 is 0 Å². The minimum atomic E-state index is -1.42. The molecule has 1 aliphatic rings. The van der Waals surface area contributed by atoms with Gasteiger partial charge in [0.15, 0.2) is 5.72 Å². The lowest BCUT2D eigenvalue weighted by Crippen LogP contribution is -2.43. The van der Waals surface area contributed by atoms with E-state index >= 15 is 0 Å². The number of hydrogen-bond acceptors (Lipinski definition) is 3. The Hall–Kier alpha value is -2.46. The summed E-state index contributed by atoms with van der Waals surface area (Å²) in [6.45, 7) is 2.15. The van der Waals surface area contributed by atoms with E-state index in [0.717, 1.165) is 31.4 Å². The van der Waals surface area contributed by atoms with Crippen LogP contribution in [0.2, 0.25) is 0 Å². The number of carbonyl (C=O) groups is 1. The zero-order valence-corrected chi connectivity index (χ0v) is 14.6. The smallest absolute Gasteiger partial charge is 0.276 e. The lowest BCUT2D eigenvalue weighted by molar-refractivity contribution is -0.0765. The van der Waals surface area contributed by atoms with Crippen molar-refractivity contribution in [3.05, 3.63) is 71.8 Å². The summed E-state index contributed by atoms with van der Waals surface area (Å²) in [5.74, 6) is -0.280. The van der Waals surface area contributed by atoms with Gasteiger partial charge < -0.3 is 5.11 Å². The van der Waals surface area contributed by atoms with Gasteiger partial charge in [-0.15, -0.1) is 0 Å². The zero-order chi connectivity index (χ0) is 17.7. The number of benzene rings is 2. The minimum Gasteiger partial charge on any atom is -0.365 e. The molecule has 0 saturated carbocycles. The predicted octanol–water partition coefficient (Wildman–Crippen LogP) is 4.31. The molecule has 1 atom stereocenters. The van der Waals surface area contributed by atoms with Crippen LogP contribution in [0.3, 0.4) is 0 Å². The van der Waals surface area contributed by atoms with Crippen LogP contribution in [0.25, 0.3) is 0 Å². The fourth-order valence-corrected chi connectivity index (χ4v) is 3.18. The Balaban J connectivity index is 1.92. The molecule has 1 amide bonds. The molecular weight excluding hydrogens is 312 g/mol. The van der Waals surface area contributed by atoms with Crippen molar-refractivity contribution in [3.63, 3.8) is 0 Å². The molecule has 0 radical (unpaired) electrons. The van der Waals surface area contributed by atoms with Gasteiger partial charge in [-0.2, -0.15) is 10.1 Å². The average molecular weight is 336 g/mol. The summed E-state index contributed by atoms with van der Waals surface area (Å²) in [6.07, 6.45) is 4.44. The SMILES string of the molecule is CCCCCC1=NN(C(=O)c2ccccc2)C(O)(c2ccccc2)C1. The van der Waals surface area contributed by atoms with E-state index in [0.29, 0.717) is 17.5 Å². The highest BCUT2D eigenvalue weighted by Crippen LogP contribution is 2.37. The molecule has 0 aliphatic carbocycles. The minimum absolute atomic E-state index is 0.280. The van der Waals surface area contributed by atoms with Crippen LogP contribution in [0, 0.1) is 0 Å². The van der Waals surface area contributed by atoms with Crippen LogP contribution in [0.5, 0.6) is 0 Å². The van der Waals surface area contributed by atoms with Crippen molar-refractivity contribution in [1.82, 2.24) is 5.01 Å². The Morgan fingerprint density at radius 2 is 1.72 bits per heavy atom. The highest BCUT2D eigenvalue weighted by Gasteiger charge is 2.45. The topological polar surface area (TPSA) is 52.9 Å². The number of amides is 1. The number of aliphatic hydroxyl groups is 1. The summed E-state index contributed by atoms with van der Waals surface area (Å²) >= 11 is 0. The lowest BCUT2D eigenvalue weighted by atomic mass is 9.95. The standard InChI is InChI=1S/C21H24N2O2/c1-2-3-6-15-19-16-21(25,18-13-9-5-10-14-18)23(22-19)20(24)17-11-7-4-8-12-17/h4-5,7-14,25H,2-3,6,15-16H2,1H3. The first-order valence-electron chi connectivity index (χ1n) is 8.89. The quantitative estimate of drug-likeness (QED) is 0.799. The second kappa shape index (κ2) is 7.62. The van der Waals surface area contributed by atoms with Crippen LogP contribution in [0.1, 0.15) is 54.9 Å². The van der Waals surface area contributed by atoms with E-state index in [1.54, 1.807) is 12.1 Å². The molecule has 2 aromatic rings. The molecule has 0 saturated heterocycles. The van der Waals surface area contributed by atoms with Crippen molar-refractivity contribution in [2.45, 2.75) is 44.8 Å². The van der Waals surface area contributed by atoms with Gasteiger partial charge in [0.05, 0.1) is 0 Å². The van der Waals surface area contributed by atoms with Gasteiger partial charge in [0.1, 0.15) is 0 Å². The summed E-state index contributed by atoms with van der Waals surface area (Å²) in [7, 11) is 0. The van der Waals surface area contributed by atoms with Crippen LogP contribution < -0.4 is 0 Å². The van der Waals surface area contributed by atoms with Crippen molar-refractivity contribution in [2.75, 3.05) is 0 Å². The van der Waals surface area contributed by atoms with E-state index in [2.05, 4.69) is 12.0 Å². The average Bonchev–Trinajstić information content (AvgIpc) is 3.00. The van der Waals surface area contributed by atoms with Crippen LogP contribution in [0.4, 0.5) is 0 Å². The maximum absolute atomic E-state index is 13.0. The number of carbonyl (C=O) groups excluding carboxylic acids is 1. The van der Waals surface area contributed by atoms with E-state index in [9.17, 15) is 9.90 Å². The normalized spacial score (nSPS) is 19.8. The number of hydrazone groups is 1. The summed E-state index contributed by atoms with van der Waals surface area (Å²) in [5, 5.41) is 17.2. The first-order chi connectivity index (χ1) is 12.1. The molecule has 0 fully saturated rings. The highest BCUT2D eigenvalue weighted by atomic mass is 16.3. The molecule has 1 aliphatic heterocycles. The summed E-state index contributed by atoms with van der Waals surface area (Å²) in [5.41, 5.74) is 0.670. The van der Waals surface area contributed by atoms with Crippen molar-refractivity contribution in [2.24, 2.45) is 5.10 Å². The van der Waals surface area contributed by atoms with Crippen LogP contribution in [-0.2, 0) is 5.72 Å². The third-order valence-corrected chi connectivity index (χ3v) is 4.56. The molecule has 1 unspecified atom stereocenters. The van der Waals surface area contributed by atoms with Gasteiger partial charge in [-0.3, -0.25) is 4.79 Å². The van der Waals surface area contributed by atoms with Crippen LogP contribution in [0.15, 0.2) is 65.8 Å². The van der Waals surface area contributed by atoms with Crippen molar-refractivity contribution < 1.29 is 9.90 Å². The van der Waals surface area contributed by atoms with Gasteiger partial charge in [0, 0.05) is 23.3 Å². The van der Waals surface area contributed by atoms with Gasteiger partial charge in [-0.05, 0) is 25.0 Å². The molecule has 1 heterocycles. The Morgan fingerprint density at radius 3 is 2.36 bits per heavy atom. The Labute approximate surface area is 148 Å². The number of hydrogen-bond donors (Lipinski definition) is 1. The van der Waals surface area contributed by atoms with E-state index in [4.69, 9.17) is 0 Å². The van der Waals surface area contributed by atoms with E-state index in [-0.39, 0.29) is 5.91 Å². The van der Waals surface area contributed by atoms with Crippen LogP contribution in [-0.4, -0.2) is 21.7 Å². The fraction of sp³-hybridized carbons (Fsp3) is 0.333. The Kier molecular flexibility index (Phi) is 5.29. The molecule has 4 heteroatoms. The fourth-order valence-electron chi connectivity index (χ4n) is 3.18. The lowest BCUT2D eigenvalue weighted by Gasteiger charge is -2.31. The first-order valence-corrected chi connectivity index (χ1v) is 8.89. The Bertz CT molecular complexity index is 743. The van der Waals surface area contributed by atoms with E-state index < -0.39 is 5.72 Å². The van der Waals surface area contributed by atoms with Crippen molar-refractivity contribution in [1.29, 1.82) is 0 Å².